The van der Waals surface area contributed by atoms with Gasteiger partial charge < -0.3 is 10.1 Å². The second-order valence-electron chi connectivity index (χ2n) is 5.87. The minimum absolute atomic E-state index is 0.112. The standard InChI is InChI=1S/C20H16ClFN2O3/c1-12-15-7-2-3-8-16(15)24-17(19(12)21)11-27-18(25)10-23-20(26)13-5-4-6-14(22)9-13/h2-9H,10-11H2,1H3,(H,23,26). The van der Waals surface area contributed by atoms with Crippen molar-refractivity contribution in [1.29, 1.82) is 0 Å². The second kappa shape index (κ2) is 8.14. The molecule has 7 heteroatoms. The molecule has 27 heavy (non-hydrogen) atoms. The summed E-state index contributed by atoms with van der Waals surface area (Å²) < 4.78 is 18.3. The lowest BCUT2D eigenvalue weighted by Crippen LogP contribution is -2.30. The molecule has 0 bridgehead atoms. The summed E-state index contributed by atoms with van der Waals surface area (Å²) in [6.45, 7) is 1.41. The van der Waals surface area contributed by atoms with Crippen molar-refractivity contribution in [1.82, 2.24) is 10.3 Å². The van der Waals surface area contributed by atoms with Crippen molar-refractivity contribution in [3.05, 3.63) is 76.2 Å². The predicted molar refractivity (Wildman–Crippen MR) is 100 cm³/mol. The SMILES string of the molecule is Cc1c(Cl)c(COC(=O)CNC(=O)c2cccc(F)c2)nc2ccccc12. The molecule has 3 rings (SSSR count). The number of fused-ring (bicyclic) bond motifs is 1. The van der Waals surface area contributed by atoms with E-state index >= 15 is 0 Å². The van der Waals surface area contributed by atoms with Crippen molar-refractivity contribution in [3.63, 3.8) is 0 Å². The number of para-hydroxylation sites is 1. The van der Waals surface area contributed by atoms with Crippen molar-refractivity contribution in [2.45, 2.75) is 13.5 Å². The summed E-state index contributed by atoms with van der Waals surface area (Å²) in [7, 11) is 0. The molecule has 1 heterocycles. The number of rotatable bonds is 5. The molecule has 138 valence electrons. The van der Waals surface area contributed by atoms with E-state index in [1.54, 1.807) is 0 Å². The lowest BCUT2D eigenvalue weighted by Gasteiger charge is -2.11. The van der Waals surface area contributed by atoms with Gasteiger partial charge in [0, 0.05) is 10.9 Å². The number of nitrogens with zero attached hydrogens (tertiary/aromatic N) is 1. The Labute approximate surface area is 160 Å². The number of carbonyl (C=O) groups is 2. The van der Waals surface area contributed by atoms with Gasteiger partial charge in [0.15, 0.2) is 0 Å². The molecule has 1 amide bonds. The van der Waals surface area contributed by atoms with Crippen LogP contribution in [0, 0.1) is 12.7 Å². The van der Waals surface area contributed by atoms with E-state index in [2.05, 4.69) is 10.3 Å². The number of amides is 1. The molecule has 0 aliphatic rings. The number of carbonyl (C=O) groups excluding carboxylic acids is 2. The maximum atomic E-state index is 13.1. The number of hydrogen-bond donors (Lipinski definition) is 1. The minimum atomic E-state index is -0.650. The highest BCUT2D eigenvalue weighted by molar-refractivity contribution is 6.32. The molecule has 2 aromatic carbocycles. The normalized spacial score (nSPS) is 10.6. The summed E-state index contributed by atoms with van der Waals surface area (Å²) in [6.07, 6.45) is 0. The molecule has 0 spiro atoms. The fourth-order valence-corrected chi connectivity index (χ4v) is 2.80. The number of pyridine rings is 1. The van der Waals surface area contributed by atoms with Gasteiger partial charge in [0.1, 0.15) is 19.0 Å². The van der Waals surface area contributed by atoms with Crippen LogP contribution in [-0.2, 0) is 16.1 Å². The number of nitrogens with one attached hydrogen (secondary N) is 1. The number of aryl methyl sites for hydroxylation is 1. The molecule has 0 atom stereocenters. The first-order valence-electron chi connectivity index (χ1n) is 8.19. The summed E-state index contributed by atoms with van der Waals surface area (Å²) >= 11 is 6.32. The number of esters is 1. The molecular weight excluding hydrogens is 371 g/mol. The van der Waals surface area contributed by atoms with Gasteiger partial charge in [-0.25, -0.2) is 9.37 Å². The van der Waals surface area contributed by atoms with E-state index in [0.29, 0.717) is 10.7 Å². The van der Waals surface area contributed by atoms with E-state index in [0.717, 1.165) is 22.5 Å². The van der Waals surface area contributed by atoms with Gasteiger partial charge in [-0.1, -0.05) is 35.9 Å². The third-order valence-corrected chi connectivity index (χ3v) is 4.50. The smallest absolute Gasteiger partial charge is 0.325 e. The van der Waals surface area contributed by atoms with E-state index in [4.69, 9.17) is 16.3 Å². The third kappa shape index (κ3) is 4.41. The van der Waals surface area contributed by atoms with Gasteiger partial charge in [0.25, 0.3) is 5.91 Å². The van der Waals surface area contributed by atoms with Crippen LogP contribution >= 0.6 is 11.6 Å². The first kappa shape index (κ1) is 18.8. The molecule has 1 aromatic heterocycles. The van der Waals surface area contributed by atoms with Crippen molar-refractivity contribution >= 4 is 34.4 Å². The molecule has 0 unspecified atom stereocenters. The average Bonchev–Trinajstić information content (AvgIpc) is 2.67. The van der Waals surface area contributed by atoms with Gasteiger partial charge in [0.2, 0.25) is 0 Å². The van der Waals surface area contributed by atoms with Crippen LogP contribution in [-0.4, -0.2) is 23.4 Å². The zero-order valence-corrected chi connectivity index (χ0v) is 15.2. The van der Waals surface area contributed by atoms with Gasteiger partial charge in [-0.3, -0.25) is 9.59 Å². The Hall–Kier alpha value is -2.99. The van der Waals surface area contributed by atoms with Gasteiger partial charge in [0.05, 0.1) is 16.2 Å². The van der Waals surface area contributed by atoms with Crippen LogP contribution in [0.4, 0.5) is 4.39 Å². The van der Waals surface area contributed by atoms with E-state index in [1.807, 2.05) is 31.2 Å². The lowest BCUT2D eigenvalue weighted by molar-refractivity contribution is -0.143. The van der Waals surface area contributed by atoms with Gasteiger partial charge in [-0.05, 0) is 36.8 Å². The highest BCUT2D eigenvalue weighted by Crippen LogP contribution is 2.27. The first-order valence-corrected chi connectivity index (χ1v) is 8.56. The Kier molecular flexibility index (Phi) is 5.66. The van der Waals surface area contributed by atoms with E-state index in [1.165, 1.54) is 18.2 Å². The zero-order valence-electron chi connectivity index (χ0n) is 14.5. The summed E-state index contributed by atoms with van der Waals surface area (Å²) in [6, 6.07) is 12.7. The van der Waals surface area contributed by atoms with Crippen LogP contribution in [0.2, 0.25) is 5.02 Å². The molecule has 3 aromatic rings. The molecule has 0 radical (unpaired) electrons. The lowest BCUT2D eigenvalue weighted by atomic mass is 10.1. The molecule has 0 aliphatic carbocycles. The molecule has 0 saturated heterocycles. The van der Waals surface area contributed by atoms with E-state index < -0.39 is 17.7 Å². The molecule has 0 fully saturated rings. The number of aromatic nitrogens is 1. The highest BCUT2D eigenvalue weighted by Gasteiger charge is 2.13. The van der Waals surface area contributed by atoms with Gasteiger partial charge >= 0.3 is 5.97 Å². The average molecular weight is 387 g/mol. The fraction of sp³-hybridized carbons (Fsp3) is 0.150. The second-order valence-corrected chi connectivity index (χ2v) is 6.25. The van der Waals surface area contributed by atoms with Crippen LogP contribution in [0.1, 0.15) is 21.6 Å². The van der Waals surface area contributed by atoms with Crippen LogP contribution in [0.5, 0.6) is 0 Å². The van der Waals surface area contributed by atoms with Crippen LogP contribution in [0.25, 0.3) is 10.9 Å². The maximum absolute atomic E-state index is 13.1. The number of hydrogen-bond acceptors (Lipinski definition) is 4. The Morgan fingerprint density at radius 2 is 1.96 bits per heavy atom. The molecule has 0 aliphatic heterocycles. The quantitative estimate of drug-likeness (QED) is 0.677. The Morgan fingerprint density at radius 3 is 2.74 bits per heavy atom. The number of benzene rings is 2. The molecule has 0 saturated carbocycles. The number of ether oxygens (including phenoxy) is 1. The monoisotopic (exact) mass is 386 g/mol. The van der Waals surface area contributed by atoms with Gasteiger partial charge in [-0.2, -0.15) is 0 Å². The third-order valence-electron chi connectivity index (χ3n) is 4.00. The van der Waals surface area contributed by atoms with Crippen molar-refractivity contribution < 1.29 is 18.7 Å². The summed E-state index contributed by atoms with van der Waals surface area (Å²) in [4.78, 5) is 28.2. The predicted octanol–water partition coefficient (Wildman–Crippen LogP) is 3.81. The number of halogens is 2. The summed E-state index contributed by atoms with van der Waals surface area (Å²) in [5, 5.41) is 3.75. The molecular formula is C20H16ClFN2O3. The van der Waals surface area contributed by atoms with Crippen molar-refractivity contribution in [2.24, 2.45) is 0 Å². The Bertz CT molecular complexity index is 1020. The van der Waals surface area contributed by atoms with Crippen molar-refractivity contribution in [3.8, 4) is 0 Å². The highest BCUT2D eigenvalue weighted by atomic mass is 35.5. The Balaban J connectivity index is 1.60. The zero-order chi connectivity index (χ0) is 19.4. The van der Waals surface area contributed by atoms with Crippen LogP contribution < -0.4 is 5.32 Å². The van der Waals surface area contributed by atoms with E-state index in [9.17, 15) is 14.0 Å². The molecule has 5 nitrogen and oxygen atoms in total. The summed E-state index contributed by atoms with van der Waals surface area (Å²) in [5.41, 5.74) is 2.17. The van der Waals surface area contributed by atoms with Crippen molar-refractivity contribution in [2.75, 3.05) is 6.54 Å². The largest absolute Gasteiger partial charge is 0.458 e. The van der Waals surface area contributed by atoms with Gasteiger partial charge in [-0.15, -0.1) is 0 Å². The van der Waals surface area contributed by atoms with Crippen LogP contribution in [0.3, 0.4) is 0 Å². The molecule has 1 N–H and O–H groups in total. The maximum Gasteiger partial charge on any atom is 0.325 e. The van der Waals surface area contributed by atoms with E-state index in [-0.39, 0.29) is 18.7 Å². The van der Waals surface area contributed by atoms with Crippen LogP contribution in [0.15, 0.2) is 48.5 Å². The topological polar surface area (TPSA) is 68.3 Å². The Morgan fingerprint density at radius 1 is 1.19 bits per heavy atom. The first-order chi connectivity index (χ1) is 13.0. The minimum Gasteiger partial charge on any atom is -0.458 e. The summed E-state index contributed by atoms with van der Waals surface area (Å²) in [5.74, 6) is -1.75. The fourth-order valence-electron chi connectivity index (χ4n) is 2.60.